The second-order valence-corrected chi connectivity index (χ2v) is 5.13. The lowest BCUT2D eigenvalue weighted by molar-refractivity contribution is 0.514. The number of hydrogen-bond acceptors (Lipinski definition) is 4. The predicted molar refractivity (Wildman–Crippen MR) is 68.6 cm³/mol. The molecule has 0 aliphatic carbocycles. The molecule has 1 aliphatic rings. The van der Waals surface area contributed by atoms with E-state index in [0.717, 1.165) is 12.4 Å². The Balaban J connectivity index is 2.25. The van der Waals surface area contributed by atoms with E-state index in [9.17, 15) is 0 Å². The van der Waals surface area contributed by atoms with E-state index in [1.807, 2.05) is 0 Å². The van der Waals surface area contributed by atoms with E-state index in [1.54, 1.807) is 12.4 Å². The van der Waals surface area contributed by atoms with Gasteiger partial charge >= 0.3 is 0 Å². The van der Waals surface area contributed by atoms with Gasteiger partial charge in [0.2, 0.25) is 0 Å². The van der Waals surface area contributed by atoms with E-state index in [1.165, 1.54) is 12.8 Å². The third-order valence-electron chi connectivity index (χ3n) is 3.07. The monoisotopic (exact) mass is 236 g/mol. The van der Waals surface area contributed by atoms with Gasteiger partial charge in [0, 0.05) is 12.1 Å². The smallest absolute Gasteiger partial charge is 0.147 e. The minimum absolute atomic E-state index is 0.166. The van der Waals surface area contributed by atoms with E-state index < -0.39 is 0 Å². The molecule has 1 aromatic rings. The molecule has 0 unspecified atom stereocenters. The van der Waals surface area contributed by atoms with E-state index in [4.69, 9.17) is 18.0 Å². The molecular formula is C11H16N4S. The highest BCUT2D eigenvalue weighted by Gasteiger charge is 2.32. The third kappa shape index (κ3) is 2.00. The number of thiocarbonyl (C=S) groups is 1. The Morgan fingerprint density at radius 1 is 1.44 bits per heavy atom. The van der Waals surface area contributed by atoms with Crippen molar-refractivity contribution in [1.82, 2.24) is 9.97 Å². The Morgan fingerprint density at radius 3 is 2.62 bits per heavy atom. The standard InChI is InChI=1S/C11H16N4S/c1-11(2)4-3-5-15(11)9-7-13-8(6-14-9)10(12)16/h6-7H,3-5H2,1-2H3,(H2,12,16). The van der Waals surface area contributed by atoms with Crippen molar-refractivity contribution in [1.29, 1.82) is 0 Å². The molecule has 2 N–H and O–H groups in total. The minimum Gasteiger partial charge on any atom is -0.388 e. The summed E-state index contributed by atoms with van der Waals surface area (Å²) in [5.74, 6) is 0.905. The van der Waals surface area contributed by atoms with E-state index in [2.05, 4.69) is 28.7 Å². The number of nitrogens with zero attached hydrogens (tertiary/aromatic N) is 3. The summed E-state index contributed by atoms with van der Waals surface area (Å²) in [5, 5.41) is 0. The van der Waals surface area contributed by atoms with Gasteiger partial charge in [0.25, 0.3) is 0 Å². The predicted octanol–water partition coefficient (Wildman–Crippen LogP) is 1.49. The highest BCUT2D eigenvalue weighted by atomic mass is 32.1. The molecule has 0 atom stereocenters. The lowest BCUT2D eigenvalue weighted by atomic mass is 10.0. The summed E-state index contributed by atoms with van der Waals surface area (Å²) in [7, 11) is 0. The van der Waals surface area contributed by atoms with E-state index >= 15 is 0 Å². The summed E-state index contributed by atoms with van der Waals surface area (Å²) in [4.78, 5) is 11.2. The molecule has 5 heteroatoms. The highest BCUT2D eigenvalue weighted by molar-refractivity contribution is 7.80. The maximum Gasteiger partial charge on any atom is 0.147 e. The van der Waals surface area contributed by atoms with Crippen molar-refractivity contribution in [3.63, 3.8) is 0 Å². The summed E-state index contributed by atoms with van der Waals surface area (Å²) in [6, 6.07) is 0. The minimum atomic E-state index is 0.166. The summed E-state index contributed by atoms with van der Waals surface area (Å²) < 4.78 is 0. The van der Waals surface area contributed by atoms with Crippen LogP contribution in [0.5, 0.6) is 0 Å². The molecule has 16 heavy (non-hydrogen) atoms. The fraction of sp³-hybridized carbons (Fsp3) is 0.545. The summed E-state index contributed by atoms with van der Waals surface area (Å²) in [6.45, 7) is 5.49. The van der Waals surface area contributed by atoms with Crippen LogP contribution in [-0.2, 0) is 0 Å². The molecule has 0 spiro atoms. The highest BCUT2D eigenvalue weighted by Crippen LogP contribution is 2.31. The lowest BCUT2D eigenvalue weighted by Gasteiger charge is -2.32. The van der Waals surface area contributed by atoms with Gasteiger partial charge in [0.1, 0.15) is 16.5 Å². The van der Waals surface area contributed by atoms with Crippen molar-refractivity contribution in [3.05, 3.63) is 18.1 Å². The zero-order chi connectivity index (χ0) is 11.8. The quantitative estimate of drug-likeness (QED) is 0.788. The van der Waals surface area contributed by atoms with Gasteiger partial charge in [-0.2, -0.15) is 0 Å². The molecule has 0 radical (unpaired) electrons. The Labute approximate surface area is 101 Å². The molecule has 0 bridgehead atoms. The number of nitrogens with two attached hydrogens (primary N) is 1. The third-order valence-corrected chi connectivity index (χ3v) is 3.28. The van der Waals surface area contributed by atoms with E-state index in [0.29, 0.717) is 10.7 Å². The van der Waals surface area contributed by atoms with Gasteiger partial charge in [-0.15, -0.1) is 0 Å². The van der Waals surface area contributed by atoms with E-state index in [-0.39, 0.29) is 5.54 Å². The van der Waals surface area contributed by atoms with Crippen LogP contribution in [0.25, 0.3) is 0 Å². The van der Waals surface area contributed by atoms with Gasteiger partial charge in [-0.05, 0) is 26.7 Å². The van der Waals surface area contributed by atoms with Crippen LogP contribution >= 0.6 is 12.2 Å². The molecule has 86 valence electrons. The van der Waals surface area contributed by atoms with Crippen molar-refractivity contribution >= 4 is 23.0 Å². The first kappa shape index (κ1) is 11.3. The van der Waals surface area contributed by atoms with Crippen molar-refractivity contribution < 1.29 is 0 Å². The van der Waals surface area contributed by atoms with Gasteiger partial charge in [0.15, 0.2) is 0 Å². The lowest BCUT2D eigenvalue weighted by Crippen LogP contribution is -2.38. The SMILES string of the molecule is CC1(C)CCCN1c1cnc(C(N)=S)cn1. The number of aromatic nitrogens is 2. The Morgan fingerprint density at radius 2 is 2.19 bits per heavy atom. The van der Waals surface area contributed by atoms with Gasteiger partial charge in [-0.1, -0.05) is 12.2 Å². The zero-order valence-corrected chi connectivity index (χ0v) is 10.4. The summed E-state index contributed by atoms with van der Waals surface area (Å²) >= 11 is 4.85. The van der Waals surface area contributed by atoms with Crippen LogP contribution in [0.4, 0.5) is 5.82 Å². The van der Waals surface area contributed by atoms with Gasteiger partial charge in [0.05, 0.1) is 12.4 Å². The van der Waals surface area contributed by atoms with Crippen molar-refractivity contribution in [2.75, 3.05) is 11.4 Å². The Kier molecular flexibility index (Phi) is 2.80. The van der Waals surface area contributed by atoms with Crippen molar-refractivity contribution in [2.45, 2.75) is 32.2 Å². The molecular weight excluding hydrogens is 220 g/mol. The van der Waals surface area contributed by atoms with Crippen molar-refractivity contribution in [2.24, 2.45) is 5.73 Å². The normalized spacial score (nSPS) is 18.8. The molecule has 4 nitrogen and oxygen atoms in total. The van der Waals surface area contributed by atoms with Crippen LogP contribution in [0.2, 0.25) is 0 Å². The average Bonchev–Trinajstić information content (AvgIpc) is 2.58. The first-order valence-corrected chi connectivity index (χ1v) is 5.81. The molecule has 0 aromatic carbocycles. The molecule has 0 saturated carbocycles. The molecule has 1 aromatic heterocycles. The van der Waals surface area contributed by atoms with Crippen molar-refractivity contribution in [3.8, 4) is 0 Å². The van der Waals surface area contributed by atoms with Gasteiger partial charge < -0.3 is 10.6 Å². The second-order valence-electron chi connectivity index (χ2n) is 4.69. The number of hydrogen-bond donors (Lipinski definition) is 1. The maximum absolute atomic E-state index is 5.49. The van der Waals surface area contributed by atoms with Crippen LogP contribution in [-0.4, -0.2) is 27.0 Å². The second kappa shape index (κ2) is 3.97. The maximum atomic E-state index is 5.49. The Hall–Kier alpha value is -1.23. The van der Waals surface area contributed by atoms with Gasteiger partial charge in [-0.25, -0.2) is 9.97 Å². The average molecular weight is 236 g/mol. The zero-order valence-electron chi connectivity index (χ0n) is 9.60. The van der Waals surface area contributed by atoms with Crippen LogP contribution in [0.3, 0.4) is 0 Å². The van der Waals surface area contributed by atoms with Crippen LogP contribution in [0.1, 0.15) is 32.4 Å². The first-order chi connectivity index (χ1) is 7.50. The number of anilines is 1. The molecule has 2 rings (SSSR count). The molecule has 0 amide bonds. The first-order valence-electron chi connectivity index (χ1n) is 5.40. The molecule has 1 fully saturated rings. The van der Waals surface area contributed by atoms with Crippen LogP contribution < -0.4 is 10.6 Å². The van der Waals surface area contributed by atoms with Gasteiger partial charge in [-0.3, -0.25) is 0 Å². The topological polar surface area (TPSA) is 55.0 Å². The fourth-order valence-corrected chi connectivity index (χ4v) is 2.23. The Bertz CT molecular complexity index is 399. The molecule has 1 aliphatic heterocycles. The number of rotatable bonds is 2. The fourth-order valence-electron chi connectivity index (χ4n) is 2.12. The molecule has 1 saturated heterocycles. The van der Waals surface area contributed by atoms with Crippen LogP contribution in [0, 0.1) is 0 Å². The summed E-state index contributed by atoms with van der Waals surface area (Å²) in [5.41, 5.74) is 6.23. The molecule has 2 heterocycles. The van der Waals surface area contributed by atoms with Crippen LogP contribution in [0.15, 0.2) is 12.4 Å². The largest absolute Gasteiger partial charge is 0.388 e. The summed E-state index contributed by atoms with van der Waals surface area (Å²) in [6.07, 6.45) is 5.78.